The number of nitrogens with one attached hydrogen (secondary N) is 1. The van der Waals surface area contributed by atoms with E-state index in [2.05, 4.69) is 18.3 Å². The van der Waals surface area contributed by atoms with Crippen molar-refractivity contribution in [2.75, 3.05) is 11.9 Å². The van der Waals surface area contributed by atoms with E-state index in [0.29, 0.717) is 13.0 Å². The Morgan fingerprint density at radius 1 is 1.13 bits per heavy atom. The second-order valence-electron chi connectivity index (χ2n) is 5.42. The summed E-state index contributed by atoms with van der Waals surface area (Å²) in [6.45, 7) is 4.42. The summed E-state index contributed by atoms with van der Waals surface area (Å²) in [4.78, 5) is 11.9. The fourth-order valence-corrected chi connectivity index (χ4v) is 2.09. The zero-order valence-corrected chi connectivity index (χ0v) is 13.4. The molecule has 0 radical (unpaired) electrons. The van der Waals surface area contributed by atoms with Crippen LogP contribution in [-0.4, -0.2) is 12.5 Å². The Bertz CT molecular complexity index is 715. The predicted molar refractivity (Wildman–Crippen MR) is 90.4 cm³/mol. The maximum absolute atomic E-state index is 11.9. The number of aryl methyl sites for hydroxylation is 2. The van der Waals surface area contributed by atoms with Crippen molar-refractivity contribution in [2.45, 2.75) is 26.7 Å². The Labute approximate surface area is 136 Å². The Morgan fingerprint density at radius 2 is 1.87 bits per heavy atom. The van der Waals surface area contributed by atoms with Gasteiger partial charge in [0.15, 0.2) is 0 Å². The lowest BCUT2D eigenvalue weighted by atomic mass is 10.1. The van der Waals surface area contributed by atoms with E-state index in [9.17, 15) is 4.79 Å². The largest absolute Gasteiger partial charge is 0.493 e. The number of hydrogen-bond acceptors (Lipinski definition) is 3. The minimum Gasteiger partial charge on any atom is -0.493 e. The molecule has 0 aliphatic heterocycles. The van der Waals surface area contributed by atoms with Gasteiger partial charge in [0.2, 0.25) is 5.91 Å². The molecule has 118 valence electrons. The van der Waals surface area contributed by atoms with E-state index < -0.39 is 0 Å². The van der Waals surface area contributed by atoms with Crippen molar-refractivity contribution >= 4 is 11.6 Å². The monoisotopic (exact) mass is 308 g/mol. The first-order chi connectivity index (χ1) is 11.1. The highest BCUT2D eigenvalue weighted by molar-refractivity contribution is 5.90. The fourth-order valence-electron chi connectivity index (χ4n) is 2.09. The van der Waals surface area contributed by atoms with Crippen LogP contribution in [0.15, 0.2) is 42.5 Å². The van der Waals surface area contributed by atoms with Gasteiger partial charge in [-0.05, 0) is 54.8 Å². The van der Waals surface area contributed by atoms with Crippen LogP contribution in [0.25, 0.3) is 0 Å². The molecule has 0 saturated carbocycles. The van der Waals surface area contributed by atoms with Crippen molar-refractivity contribution in [1.29, 1.82) is 5.26 Å². The van der Waals surface area contributed by atoms with E-state index in [1.165, 1.54) is 11.1 Å². The molecule has 0 atom stereocenters. The van der Waals surface area contributed by atoms with Crippen LogP contribution in [0.4, 0.5) is 5.69 Å². The van der Waals surface area contributed by atoms with E-state index in [-0.39, 0.29) is 12.3 Å². The van der Waals surface area contributed by atoms with Crippen molar-refractivity contribution in [3.8, 4) is 11.8 Å². The Balaban J connectivity index is 1.78. The van der Waals surface area contributed by atoms with Crippen LogP contribution in [-0.2, 0) is 11.2 Å². The van der Waals surface area contributed by atoms with Gasteiger partial charge in [0.1, 0.15) is 5.75 Å². The van der Waals surface area contributed by atoms with Crippen LogP contribution in [0.2, 0.25) is 0 Å². The molecule has 0 fully saturated rings. The van der Waals surface area contributed by atoms with Gasteiger partial charge in [-0.3, -0.25) is 4.79 Å². The summed E-state index contributed by atoms with van der Waals surface area (Å²) in [6.07, 6.45) is 0.658. The second kappa shape index (κ2) is 8.00. The third kappa shape index (κ3) is 5.15. The highest BCUT2D eigenvalue weighted by atomic mass is 16.5. The molecule has 0 saturated heterocycles. The fraction of sp³-hybridized carbons (Fsp3) is 0.263. The summed E-state index contributed by atoms with van der Waals surface area (Å²) in [5, 5.41) is 11.4. The molecule has 1 amide bonds. The standard InChI is InChI=1S/C19H20N2O2/c1-14-3-8-18(13-15(14)2)23-12-10-19(22)21-17-6-4-16(5-7-17)9-11-20/h3-8,13H,9-10,12H2,1-2H3,(H,21,22). The summed E-state index contributed by atoms with van der Waals surface area (Å²) in [5.41, 5.74) is 4.05. The third-order valence-electron chi connectivity index (χ3n) is 3.60. The number of rotatable bonds is 6. The molecular formula is C19H20N2O2. The first-order valence-corrected chi connectivity index (χ1v) is 7.54. The zero-order chi connectivity index (χ0) is 16.7. The molecule has 0 spiro atoms. The molecule has 2 aromatic carbocycles. The van der Waals surface area contributed by atoms with Crippen LogP contribution >= 0.6 is 0 Å². The molecule has 4 heteroatoms. The first kappa shape index (κ1) is 16.6. The summed E-state index contributed by atoms with van der Waals surface area (Å²) in [6, 6.07) is 15.3. The minimum atomic E-state index is -0.0955. The van der Waals surface area contributed by atoms with Gasteiger partial charge in [-0.25, -0.2) is 0 Å². The van der Waals surface area contributed by atoms with Gasteiger partial charge in [-0.2, -0.15) is 5.26 Å². The van der Waals surface area contributed by atoms with Crippen molar-refractivity contribution in [3.63, 3.8) is 0 Å². The number of ether oxygens (including phenoxy) is 1. The molecule has 0 aromatic heterocycles. The topological polar surface area (TPSA) is 62.1 Å². The smallest absolute Gasteiger partial charge is 0.227 e. The average molecular weight is 308 g/mol. The van der Waals surface area contributed by atoms with Crippen LogP contribution in [0.1, 0.15) is 23.1 Å². The number of nitriles is 1. The molecule has 0 aliphatic rings. The molecule has 23 heavy (non-hydrogen) atoms. The maximum atomic E-state index is 11.9. The highest BCUT2D eigenvalue weighted by Crippen LogP contribution is 2.16. The van der Waals surface area contributed by atoms with Crippen molar-refractivity contribution in [1.82, 2.24) is 0 Å². The van der Waals surface area contributed by atoms with Crippen LogP contribution in [0, 0.1) is 25.2 Å². The molecule has 4 nitrogen and oxygen atoms in total. The summed E-state index contributed by atoms with van der Waals surface area (Å²) in [7, 11) is 0. The summed E-state index contributed by atoms with van der Waals surface area (Å²) >= 11 is 0. The lowest BCUT2D eigenvalue weighted by Gasteiger charge is -2.09. The lowest BCUT2D eigenvalue weighted by Crippen LogP contribution is -2.15. The van der Waals surface area contributed by atoms with E-state index in [4.69, 9.17) is 10.00 Å². The number of carbonyl (C=O) groups excluding carboxylic acids is 1. The Hall–Kier alpha value is -2.80. The molecule has 1 N–H and O–H groups in total. The van der Waals surface area contributed by atoms with Gasteiger partial charge in [-0.15, -0.1) is 0 Å². The average Bonchev–Trinajstić information content (AvgIpc) is 2.53. The van der Waals surface area contributed by atoms with Crippen LogP contribution in [0.5, 0.6) is 5.75 Å². The van der Waals surface area contributed by atoms with Gasteiger partial charge in [0.05, 0.1) is 25.5 Å². The number of nitrogens with zero attached hydrogens (tertiary/aromatic N) is 1. The summed E-state index contributed by atoms with van der Waals surface area (Å²) < 4.78 is 5.60. The van der Waals surface area contributed by atoms with Crippen molar-refractivity contribution in [2.24, 2.45) is 0 Å². The predicted octanol–water partition coefficient (Wildman–Crippen LogP) is 3.78. The second-order valence-corrected chi connectivity index (χ2v) is 5.42. The molecule has 0 bridgehead atoms. The third-order valence-corrected chi connectivity index (χ3v) is 3.60. The molecule has 0 heterocycles. The minimum absolute atomic E-state index is 0.0955. The van der Waals surface area contributed by atoms with E-state index in [1.807, 2.05) is 37.3 Å². The maximum Gasteiger partial charge on any atom is 0.227 e. The zero-order valence-electron chi connectivity index (χ0n) is 13.4. The summed E-state index contributed by atoms with van der Waals surface area (Å²) in [5.74, 6) is 0.684. The molecule has 2 aromatic rings. The van der Waals surface area contributed by atoms with Crippen LogP contribution < -0.4 is 10.1 Å². The van der Waals surface area contributed by atoms with Gasteiger partial charge in [-0.1, -0.05) is 18.2 Å². The van der Waals surface area contributed by atoms with Crippen molar-refractivity contribution < 1.29 is 9.53 Å². The van der Waals surface area contributed by atoms with Crippen molar-refractivity contribution in [3.05, 3.63) is 59.2 Å². The van der Waals surface area contributed by atoms with Gasteiger partial charge < -0.3 is 10.1 Å². The molecular weight excluding hydrogens is 288 g/mol. The van der Waals surface area contributed by atoms with Gasteiger partial charge in [0, 0.05) is 5.69 Å². The molecule has 0 unspecified atom stereocenters. The normalized spacial score (nSPS) is 9.96. The molecule has 0 aliphatic carbocycles. The first-order valence-electron chi connectivity index (χ1n) is 7.54. The quantitative estimate of drug-likeness (QED) is 0.883. The number of hydrogen-bond donors (Lipinski definition) is 1. The SMILES string of the molecule is Cc1ccc(OCCC(=O)Nc2ccc(CC#N)cc2)cc1C. The molecule has 2 rings (SSSR count). The highest BCUT2D eigenvalue weighted by Gasteiger charge is 2.04. The number of anilines is 1. The van der Waals surface area contributed by atoms with E-state index in [1.54, 1.807) is 12.1 Å². The van der Waals surface area contributed by atoms with Gasteiger partial charge >= 0.3 is 0 Å². The number of benzene rings is 2. The number of amides is 1. The van der Waals surface area contributed by atoms with Crippen LogP contribution in [0.3, 0.4) is 0 Å². The Kier molecular flexibility index (Phi) is 5.76. The Morgan fingerprint density at radius 3 is 2.52 bits per heavy atom. The van der Waals surface area contributed by atoms with E-state index >= 15 is 0 Å². The van der Waals surface area contributed by atoms with E-state index in [0.717, 1.165) is 17.0 Å². The lowest BCUT2D eigenvalue weighted by molar-refractivity contribution is -0.116. The number of carbonyl (C=O) groups is 1. The van der Waals surface area contributed by atoms with Gasteiger partial charge in [0.25, 0.3) is 0 Å².